The molecule has 0 saturated carbocycles. The summed E-state index contributed by atoms with van der Waals surface area (Å²) in [5.74, 6) is 0.207. The molecule has 2 atom stereocenters. The Morgan fingerprint density at radius 3 is 2.73 bits per heavy atom. The van der Waals surface area contributed by atoms with Crippen molar-refractivity contribution in [2.75, 3.05) is 19.4 Å². The van der Waals surface area contributed by atoms with Crippen LogP contribution in [0.4, 0.5) is 0 Å². The number of sulfonamides is 1. The molecule has 22 heavy (non-hydrogen) atoms. The minimum atomic E-state index is -3.17. The SMILES string of the molecule is CS(=O)(=O)NCC[C@@H]1OCCCC[C@H]1c1ccc(Cl)c(Cl)c1. The lowest BCUT2D eigenvalue weighted by atomic mass is 9.88. The van der Waals surface area contributed by atoms with Crippen LogP contribution in [-0.2, 0) is 14.8 Å². The molecule has 0 aliphatic carbocycles. The number of ether oxygens (including phenoxy) is 1. The fraction of sp³-hybridized carbons (Fsp3) is 0.600. The highest BCUT2D eigenvalue weighted by Crippen LogP contribution is 2.35. The van der Waals surface area contributed by atoms with Crippen LogP contribution in [0.3, 0.4) is 0 Å². The van der Waals surface area contributed by atoms with Gasteiger partial charge in [-0.2, -0.15) is 0 Å². The molecule has 0 aromatic heterocycles. The first kappa shape index (κ1) is 18.0. The van der Waals surface area contributed by atoms with Crippen LogP contribution in [0.2, 0.25) is 10.0 Å². The zero-order chi connectivity index (χ0) is 16.2. The molecule has 1 heterocycles. The molecule has 4 nitrogen and oxygen atoms in total. The van der Waals surface area contributed by atoms with E-state index in [9.17, 15) is 8.42 Å². The Labute approximate surface area is 142 Å². The van der Waals surface area contributed by atoms with Crippen molar-refractivity contribution in [1.82, 2.24) is 4.72 Å². The van der Waals surface area contributed by atoms with Crippen molar-refractivity contribution >= 4 is 33.2 Å². The number of hydrogen-bond acceptors (Lipinski definition) is 3. The summed E-state index contributed by atoms with van der Waals surface area (Å²) in [6.07, 6.45) is 4.89. The Bertz CT molecular complexity index is 607. The first-order chi connectivity index (χ1) is 10.4. The van der Waals surface area contributed by atoms with Crippen LogP contribution >= 0.6 is 23.2 Å². The number of halogens is 2. The summed E-state index contributed by atoms with van der Waals surface area (Å²) in [6.45, 7) is 1.09. The molecule has 1 aromatic carbocycles. The van der Waals surface area contributed by atoms with E-state index in [1.165, 1.54) is 0 Å². The van der Waals surface area contributed by atoms with Gasteiger partial charge in [0, 0.05) is 19.1 Å². The van der Waals surface area contributed by atoms with Gasteiger partial charge in [0.2, 0.25) is 10.0 Å². The van der Waals surface area contributed by atoms with Crippen LogP contribution in [0.25, 0.3) is 0 Å². The van der Waals surface area contributed by atoms with Gasteiger partial charge in [-0.3, -0.25) is 0 Å². The predicted octanol–water partition coefficient (Wildman–Crippen LogP) is 3.59. The van der Waals surface area contributed by atoms with Gasteiger partial charge in [-0.25, -0.2) is 13.1 Å². The molecular weight excluding hydrogens is 345 g/mol. The predicted molar refractivity (Wildman–Crippen MR) is 90.3 cm³/mol. The van der Waals surface area contributed by atoms with Crippen molar-refractivity contribution in [2.45, 2.75) is 37.7 Å². The highest BCUT2D eigenvalue weighted by atomic mass is 35.5. The Balaban J connectivity index is 2.11. The number of nitrogens with one attached hydrogen (secondary N) is 1. The van der Waals surface area contributed by atoms with Gasteiger partial charge in [0.25, 0.3) is 0 Å². The van der Waals surface area contributed by atoms with Crippen LogP contribution in [0.1, 0.15) is 37.2 Å². The van der Waals surface area contributed by atoms with Crippen molar-refractivity contribution in [3.63, 3.8) is 0 Å². The molecule has 1 aliphatic heterocycles. The summed E-state index contributed by atoms with van der Waals surface area (Å²) < 4.78 is 30.9. The standard InChI is InChI=1S/C15H21Cl2NO3S/c1-22(19,20)18-8-7-15-12(4-2-3-9-21-15)11-5-6-13(16)14(17)10-11/h5-6,10,12,15,18H,2-4,7-9H2,1H3/t12-,15-/m0/s1. The van der Waals surface area contributed by atoms with Crippen molar-refractivity contribution < 1.29 is 13.2 Å². The molecule has 1 saturated heterocycles. The highest BCUT2D eigenvalue weighted by molar-refractivity contribution is 7.88. The average Bonchev–Trinajstić information content (AvgIpc) is 2.66. The topological polar surface area (TPSA) is 55.4 Å². The van der Waals surface area contributed by atoms with Crippen LogP contribution < -0.4 is 4.72 Å². The lowest BCUT2D eigenvalue weighted by Gasteiger charge is -2.25. The molecule has 1 aromatic rings. The van der Waals surface area contributed by atoms with Crippen molar-refractivity contribution in [2.24, 2.45) is 0 Å². The second kappa shape index (κ2) is 7.97. The number of benzene rings is 1. The second-order valence-electron chi connectivity index (χ2n) is 5.64. The molecule has 0 unspecified atom stereocenters. The molecule has 1 N–H and O–H groups in total. The fourth-order valence-electron chi connectivity index (χ4n) is 2.80. The lowest BCUT2D eigenvalue weighted by molar-refractivity contribution is 0.0413. The summed E-state index contributed by atoms with van der Waals surface area (Å²) in [5, 5.41) is 1.08. The Kier molecular flexibility index (Phi) is 6.53. The van der Waals surface area contributed by atoms with Crippen molar-refractivity contribution in [3.05, 3.63) is 33.8 Å². The molecule has 0 spiro atoms. The smallest absolute Gasteiger partial charge is 0.208 e. The largest absolute Gasteiger partial charge is 0.378 e. The zero-order valence-electron chi connectivity index (χ0n) is 12.5. The summed E-state index contributed by atoms with van der Waals surface area (Å²) in [7, 11) is -3.17. The van der Waals surface area contributed by atoms with E-state index >= 15 is 0 Å². The van der Waals surface area contributed by atoms with Crippen molar-refractivity contribution in [3.8, 4) is 0 Å². The molecule has 1 aliphatic rings. The minimum absolute atomic E-state index is 0.0195. The third-order valence-electron chi connectivity index (χ3n) is 3.86. The van der Waals surface area contributed by atoms with Crippen molar-refractivity contribution in [1.29, 1.82) is 0 Å². The van der Waals surface area contributed by atoms with Gasteiger partial charge in [0.15, 0.2) is 0 Å². The second-order valence-corrected chi connectivity index (χ2v) is 8.29. The van der Waals surface area contributed by atoms with Gasteiger partial charge in [0.05, 0.1) is 22.4 Å². The molecular formula is C15H21Cl2NO3S. The Hall–Kier alpha value is -0.330. The van der Waals surface area contributed by atoms with E-state index in [0.717, 1.165) is 31.1 Å². The van der Waals surface area contributed by atoms with E-state index in [1.54, 1.807) is 6.07 Å². The van der Waals surface area contributed by atoms with E-state index < -0.39 is 10.0 Å². The number of rotatable bonds is 5. The van der Waals surface area contributed by atoms with Crippen LogP contribution in [0.15, 0.2) is 18.2 Å². The van der Waals surface area contributed by atoms with Crippen LogP contribution in [0, 0.1) is 0 Å². The third-order valence-corrected chi connectivity index (χ3v) is 5.32. The Morgan fingerprint density at radius 1 is 1.27 bits per heavy atom. The maximum absolute atomic E-state index is 11.2. The quantitative estimate of drug-likeness (QED) is 0.867. The lowest BCUT2D eigenvalue weighted by Crippen LogP contribution is -2.29. The van der Waals surface area contributed by atoms with E-state index in [0.29, 0.717) is 29.6 Å². The maximum atomic E-state index is 11.2. The normalized spacial score (nSPS) is 23.2. The summed E-state index contributed by atoms with van der Waals surface area (Å²) in [5.41, 5.74) is 1.10. The van der Waals surface area contributed by atoms with Gasteiger partial charge < -0.3 is 4.74 Å². The molecule has 124 valence electrons. The minimum Gasteiger partial charge on any atom is -0.378 e. The fourth-order valence-corrected chi connectivity index (χ4v) is 3.59. The first-order valence-electron chi connectivity index (χ1n) is 7.38. The summed E-state index contributed by atoms with van der Waals surface area (Å²) in [6, 6.07) is 5.67. The first-order valence-corrected chi connectivity index (χ1v) is 10.0. The third kappa shape index (κ3) is 5.39. The van der Waals surface area contributed by atoms with Gasteiger partial charge >= 0.3 is 0 Å². The van der Waals surface area contributed by atoms with Gasteiger partial charge in [0.1, 0.15) is 0 Å². The van der Waals surface area contributed by atoms with E-state index in [2.05, 4.69) is 4.72 Å². The summed E-state index contributed by atoms with van der Waals surface area (Å²) >= 11 is 12.1. The van der Waals surface area contributed by atoms with Gasteiger partial charge in [-0.05, 0) is 37.0 Å². The van der Waals surface area contributed by atoms with E-state index in [1.807, 2.05) is 12.1 Å². The Morgan fingerprint density at radius 2 is 2.05 bits per heavy atom. The summed E-state index contributed by atoms with van der Waals surface area (Å²) in [4.78, 5) is 0. The molecule has 0 amide bonds. The monoisotopic (exact) mass is 365 g/mol. The van der Waals surface area contributed by atoms with Gasteiger partial charge in [-0.15, -0.1) is 0 Å². The molecule has 1 fully saturated rings. The molecule has 7 heteroatoms. The molecule has 2 rings (SSSR count). The van der Waals surface area contributed by atoms with Gasteiger partial charge in [-0.1, -0.05) is 35.7 Å². The van der Waals surface area contributed by atoms with Crippen LogP contribution in [0.5, 0.6) is 0 Å². The van der Waals surface area contributed by atoms with E-state index in [4.69, 9.17) is 27.9 Å². The van der Waals surface area contributed by atoms with E-state index in [-0.39, 0.29) is 12.0 Å². The zero-order valence-corrected chi connectivity index (χ0v) is 14.8. The number of hydrogen-bond donors (Lipinski definition) is 1. The molecule has 0 bridgehead atoms. The van der Waals surface area contributed by atoms with Crippen LogP contribution in [-0.4, -0.2) is 33.9 Å². The highest BCUT2D eigenvalue weighted by Gasteiger charge is 2.26. The maximum Gasteiger partial charge on any atom is 0.208 e. The average molecular weight is 366 g/mol. The molecule has 0 radical (unpaired) electrons.